The van der Waals surface area contributed by atoms with Crippen molar-refractivity contribution in [2.45, 2.75) is 18.9 Å². The van der Waals surface area contributed by atoms with Gasteiger partial charge in [0.05, 0.1) is 6.04 Å². The van der Waals surface area contributed by atoms with E-state index < -0.39 is 17.7 Å². The molecule has 102 valence electrons. The second kappa shape index (κ2) is 5.48. The van der Waals surface area contributed by atoms with Gasteiger partial charge in [-0.3, -0.25) is 5.32 Å². The van der Waals surface area contributed by atoms with Crippen LogP contribution in [0.25, 0.3) is 0 Å². The van der Waals surface area contributed by atoms with Crippen LogP contribution in [0.2, 0.25) is 0 Å². The Hall–Kier alpha value is -1.76. The zero-order chi connectivity index (χ0) is 14.0. The molecule has 0 bridgehead atoms. The highest BCUT2D eigenvalue weighted by Crippen LogP contribution is 2.32. The third-order valence-electron chi connectivity index (χ3n) is 3.00. The molecular formula is C12H12F2N2O2S. The molecular weight excluding hydrogens is 274 g/mol. The Morgan fingerprint density at radius 2 is 2.00 bits per heavy atom. The summed E-state index contributed by atoms with van der Waals surface area (Å²) in [4.78, 5) is 12.2. The van der Waals surface area contributed by atoms with Crippen LogP contribution in [-0.4, -0.2) is 27.8 Å². The maximum atomic E-state index is 13.2. The van der Waals surface area contributed by atoms with E-state index in [4.69, 9.17) is 17.3 Å². The van der Waals surface area contributed by atoms with Crippen LogP contribution in [0.1, 0.15) is 24.4 Å². The number of hydrogen-bond acceptors (Lipinski definition) is 2. The van der Waals surface area contributed by atoms with E-state index in [-0.39, 0.29) is 11.2 Å². The van der Waals surface area contributed by atoms with Crippen LogP contribution < -0.4 is 5.32 Å². The summed E-state index contributed by atoms with van der Waals surface area (Å²) in [5.74, 6) is -1.31. The second-order valence-electron chi connectivity index (χ2n) is 4.29. The number of carboxylic acid groups (broad SMARTS) is 1. The van der Waals surface area contributed by atoms with Gasteiger partial charge in [0.2, 0.25) is 0 Å². The number of halogens is 2. The van der Waals surface area contributed by atoms with E-state index in [1.54, 1.807) is 4.90 Å². The Bertz CT molecular complexity index is 504. The molecule has 1 aromatic carbocycles. The molecule has 7 heteroatoms. The molecule has 1 heterocycles. The zero-order valence-electron chi connectivity index (χ0n) is 9.90. The van der Waals surface area contributed by atoms with E-state index in [2.05, 4.69) is 5.32 Å². The van der Waals surface area contributed by atoms with Crippen molar-refractivity contribution in [3.63, 3.8) is 0 Å². The van der Waals surface area contributed by atoms with Gasteiger partial charge in [-0.1, -0.05) is 0 Å². The smallest absolute Gasteiger partial charge is 0.410 e. The lowest BCUT2D eigenvalue weighted by Gasteiger charge is -2.26. The molecule has 0 spiro atoms. The lowest BCUT2D eigenvalue weighted by atomic mass is 10.0. The van der Waals surface area contributed by atoms with Gasteiger partial charge >= 0.3 is 6.09 Å². The first-order chi connectivity index (χ1) is 8.97. The van der Waals surface area contributed by atoms with Crippen molar-refractivity contribution in [2.75, 3.05) is 6.54 Å². The number of benzene rings is 1. The van der Waals surface area contributed by atoms with Gasteiger partial charge in [-0.25, -0.2) is 13.6 Å². The first kappa shape index (κ1) is 13.7. The Kier molecular flexibility index (Phi) is 3.94. The second-order valence-corrected chi connectivity index (χ2v) is 4.68. The molecule has 2 rings (SSSR count). The van der Waals surface area contributed by atoms with Gasteiger partial charge in [0.15, 0.2) is 5.11 Å². The summed E-state index contributed by atoms with van der Waals surface area (Å²) < 4.78 is 26.4. The van der Waals surface area contributed by atoms with E-state index in [0.717, 1.165) is 12.5 Å². The van der Waals surface area contributed by atoms with Gasteiger partial charge in [-0.2, -0.15) is 0 Å². The van der Waals surface area contributed by atoms with Gasteiger partial charge in [0.25, 0.3) is 0 Å². The van der Waals surface area contributed by atoms with Crippen LogP contribution in [-0.2, 0) is 0 Å². The quantitative estimate of drug-likeness (QED) is 0.779. The molecule has 0 saturated carbocycles. The molecule has 1 aliphatic heterocycles. The van der Waals surface area contributed by atoms with Crippen molar-refractivity contribution in [1.82, 2.24) is 10.2 Å². The summed E-state index contributed by atoms with van der Waals surface area (Å²) in [5, 5.41) is 10.8. The molecule has 0 aromatic heterocycles. The fraction of sp³-hybridized carbons (Fsp3) is 0.333. The SMILES string of the molecule is O=C(O)NC(=S)N1CCC[C@@H]1c1cc(F)cc(F)c1. The van der Waals surface area contributed by atoms with E-state index in [1.807, 2.05) is 0 Å². The number of thiocarbonyl (C=S) groups is 1. The Morgan fingerprint density at radius 3 is 2.58 bits per heavy atom. The Balaban J connectivity index is 2.22. The number of carbonyl (C=O) groups is 1. The van der Waals surface area contributed by atoms with Crippen LogP contribution in [0, 0.1) is 11.6 Å². The van der Waals surface area contributed by atoms with Gasteiger partial charge in [-0.05, 0) is 42.8 Å². The lowest BCUT2D eigenvalue weighted by molar-refractivity contribution is 0.198. The van der Waals surface area contributed by atoms with E-state index in [0.29, 0.717) is 18.5 Å². The predicted octanol–water partition coefficient (Wildman–Crippen LogP) is 2.65. The largest absolute Gasteiger partial charge is 0.465 e. The van der Waals surface area contributed by atoms with Crippen molar-refractivity contribution in [3.8, 4) is 0 Å². The van der Waals surface area contributed by atoms with Crippen LogP contribution >= 0.6 is 12.2 Å². The first-order valence-corrected chi connectivity index (χ1v) is 6.15. The number of likely N-dealkylation sites (tertiary alicyclic amines) is 1. The Labute approximate surface area is 114 Å². The summed E-state index contributed by atoms with van der Waals surface area (Å²) >= 11 is 4.98. The standard InChI is InChI=1S/C12H12F2N2O2S/c13-8-4-7(5-9(14)6-8)10-2-1-3-16(10)11(19)15-12(17)18/h4-6,10H,1-3H2,(H,15,19)(H,17,18)/t10-/m1/s1. The molecule has 1 atom stereocenters. The van der Waals surface area contributed by atoms with Gasteiger partial charge in [-0.15, -0.1) is 0 Å². The van der Waals surface area contributed by atoms with Crippen molar-refractivity contribution in [1.29, 1.82) is 0 Å². The van der Waals surface area contributed by atoms with E-state index >= 15 is 0 Å². The monoisotopic (exact) mass is 286 g/mol. The van der Waals surface area contributed by atoms with Crippen molar-refractivity contribution < 1.29 is 18.7 Å². The van der Waals surface area contributed by atoms with E-state index in [1.165, 1.54) is 12.1 Å². The maximum absolute atomic E-state index is 13.2. The fourth-order valence-corrected chi connectivity index (χ4v) is 2.59. The number of nitrogens with one attached hydrogen (secondary N) is 1. The average molecular weight is 286 g/mol. The van der Waals surface area contributed by atoms with Crippen molar-refractivity contribution in [3.05, 3.63) is 35.4 Å². The summed E-state index contributed by atoms with van der Waals surface area (Å²) in [6.07, 6.45) is 0.204. The highest BCUT2D eigenvalue weighted by Gasteiger charge is 2.29. The van der Waals surface area contributed by atoms with Gasteiger partial charge in [0.1, 0.15) is 11.6 Å². The number of rotatable bonds is 1. The molecule has 2 N–H and O–H groups in total. The lowest BCUT2D eigenvalue weighted by Crippen LogP contribution is -2.41. The molecule has 19 heavy (non-hydrogen) atoms. The van der Waals surface area contributed by atoms with Crippen molar-refractivity contribution >= 4 is 23.4 Å². The minimum atomic E-state index is -1.25. The number of nitrogens with zero attached hydrogens (tertiary/aromatic N) is 1. The minimum absolute atomic E-state index is 0.0552. The summed E-state index contributed by atoms with van der Waals surface area (Å²) in [7, 11) is 0. The van der Waals surface area contributed by atoms with Crippen molar-refractivity contribution in [2.24, 2.45) is 0 Å². The first-order valence-electron chi connectivity index (χ1n) is 5.74. The normalized spacial score (nSPS) is 18.4. The highest BCUT2D eigenvalue weighted by atomic mass is 32.1. The number of amides is 1. The molecule has 4 nitrogen and oxygen atoms in total. The van der Waals surface area contributed by atoms with Crippen LogP contribution in [0.4, 0.5) is 13.6 Å². The summed E-state index contributed by atoms with van der Waals surface area (Å²) in [5.41, 5.74) is 0.463. The average Bonchev–Trinajstić information content (AvgIpc) is 2.75. The van der Waals surface area contributed by atoms with Crippen LogP contribution in [0.15, 0.2) is 18.2 Å². The van der Waals surface area contributed by atoms with E-state index in [9.17, 15) is 13.6 Å². The van der Waals surface area contributed by atoms with Crippen LogP contribution in [0.3, 0.4) is 0 Å². The minimum Gasteiger partial charge on any atom is -0.465 e. The maximum Gasteiger partial charge on any atom is 0.410 e. The predicted molar refractivity (Wildman–Crippen MR) is 68.8 cm³/mol. The topological polar surface area (TPSA) is 52.6 Å². The molecule has 1 amide bonds. The molecule has 1 saturated heterocycles. The van der Waals surface area contributed by atoms with Crippen LogP contribution in [0.5, 0.6) is 0 Å². The fourth-order valence-electron chi connectivity index (χ4n) is 2.29. The molecule has 1 aliphatic rings. The Morgan fingerprint density at radius 1 is 1.37 bits per heavy atom. The molecule has 0 aliphatic carbocycles. The third-order valence-corrected chi connectivity index (χ3v) is 3.33. The number of hydrogen-bond donors (Lipinski definition) is 2. The zero-order valence-corrected chi connectivity index (χ0v) is 10.7. The third kappa shape index (κ3) is 3.17. The van der Waals surface area contributed by atoms with Gasteiger partial charge < -0.3 is 10.0 Å². The highest BCUT2D eigenvalue weighted by molar-refractivity contribution is 7.80. The summed E-state index contributed by atoms with van der Waals surface area (Å²) in [6.45, 7) is 0.557. The van der Waals surface area contributed by atoms with Gasteiger partial charge in [0, 0.05) is 12.6 Å². The molecule has 1 fully saturated rings. The molecule has 0 radical (unpaired) electrons. The molecule has 1 aromatic rings. The molecule has 0 unspecified atom stereocenters. The summed E-state index contributed by atoms with van der Waals surface area (Å²) in [6, 6.07) is 2.99.